The van der Waals surface area contributed by atoms with Crippen molar-refractivity contribution in [3.05, 3.63) is 53.2 Å². The molecule has 1 aromatic carbocycles. The second-order valence-electron chi connectivity index (χ2n) is 10.7. The number of pyridine rings is 1. The fourth-order valence-corrected chi connectivity index (χ4v) is 4.64. The summed E-state index contributed by atoms with van der Waals surface area (Å²) in [6.07, 6.45) is 0.369. The van der Waals surface area contributed by atoms with Gasteiger partial charge in [-0.3, -0.25) is 9.59 Å². The number of anilines is 1. The minimum absolute atomic E-state index is 0.0141. The van der Waals surface area contributed by atoms with Gasteiger partial charge in [-0.05, 0) is 56.4 Å². The number of benzene rings is 1. The van der Waals surface area contributed by atoms with Crippen molar-refractivity contribution in [2.24, 2.45) is 5.41 Å². The summed E-state index contributed by atoms with van der Waals surface area (Å²) in [6, 6.07) is 10.2. The van der Waals surface area contributed by atoms with Crippen LogP contribution in [-0.4, -0.2) is 61.1 Å². The normalized spacial score (nSPS) is 14.6. The van der Waals surface area contributed by atoms with Crippen molar-refractivity contribution in [3.8, 4) is 5.88 Å². The van der Waals surface area contributed by atoms with Crippen molar-refractivity contribution in [1.29, 1.82) is 0 Å². The van der Waals surface area contributed by atoms with Crippen LogP contribution in [0.1, 0.15) is 56.9 Å². The van der Waals surface area contributed by atoms with E-state index < -0.39 is 23.3 Å². The molecule has 0 atom stereocenters. The Bertz CT molecular complexity index is 1210. The quantitative estimate of drug-likeness (QED) is 0.422. The average Bonchev–Trinajstić information content (AvgIpc) is 2.84. The van der Waals surface area contributed by atoms with Crippen LogP contribution in [0.5, 0.6) is 5.88 Å². The molecule has 0 unspecified atom stereocenters. The Morgan fingerprint density at radius 3 is 2.41 bits per heavy atom. The van der Waals surface area contributed by atoms with Crippen LogP contribution < -0.4 is 15.4 Å². The smallest absolute Gasteiger partial charge is 0.388 e. The van der Waals surface area contributed by atoms with Crippen LogP contribution in [-0.2, 0) is 19.7 Å². The van der Waals surface area contributed by atoms with E-state index in [1.807, 2.05) is 38.1 Å². The number of hydrogen-bond acceptors (Lipinski definition) is 6. The van der Waals surface area contributed by atoms with Crippen molar-refractivity contribution < 1.29 is 32.6 Å². The summed E-state index contributed by atoms with van der Waals surface area (Å²) in [5, 5.41) is 5.53. The highest BCUT2D eigenvalue weighted by atomic mass is 19.3. The molecule has 1 aliphatic rings. The van der Waals surface area contributed by atoms with E-state index in [0.29, 0.717) is 12.1 Å². The van der Waals surface area contributed by atoms with Gasteiger partial charge in [-0.1, -0.05) is 38.1 Å². The molecule has 0 spiro atoms. The second kappa shape index (κ2) is 12.0. The lowest BCUT2D eigenvalue weighted by Gasteiger charge is -2.49. The number of carbonyl (C=O) groups is 3. The number of esters is 1. The number of urea groups is 1. The lowest BCUT2D eigenvalue weighted by atomic mass is 9.69. The van der Waals surface area contributed by atoms with Crippen LogP contribution in [0.4, 0.5) is 19.3 Å². The maximum Gasteiger partial charge on any atom is 0.388 e. The van der Waals surface area contributed by atoms with Gasteiger partial charge in [-0.2, -0.15) is 8.78 Å². The molecule has 0 bridgehead atoms. The maximum atomic E-state index is 13.8. The Labute approximate surface area is 227 Å². The Morgan fingerprint density at radius 2 is 1.79 bits per heavy atom. The Balaban J connectivity index is 1.84. The van der Waals surface area contributed by atoms with Gasteiger partial charge in [0.15, 0.2) is 0 Å². The number of rotatable bonds is 10. The fraction of sp³-hybridized carbons (Fsp3) is 0.500. The zero-order valence-corrected chi connectivity index (χ0v) is 23.1. The minimum Gasteiger partial charge on any atom is -0.469 e. The van der Waals surface area contributed by atoms with Gasteiger partial charge in [-0.15, -0.1) is 0 Å². The molecule has 9 nitrogen and oxygen atoms in total. The van der Waals surface area contributed by atoms with Crippen molar-refractivity contribution >= 4 is 23.6 Å². The van der Waals surface area contributed by atoms with Crippen LogP contribution in [0, 0.1) is 12.3 Å². The lowest BCUT2D eigenvalue weighted by molar-refractivity contribution is -0.151. The summed E-state index contributed by atoms with van der Waals surface area (Å²) in [4.78, 5) is 44.2. The monoisotopic (exact) mass is 546 g/mol. The van der Waals surface area contributed by atoms with Gasteiger partial charge in [0, 0.05) is 25.3 Å². The topological polar surface area (TPSA) is 110 Å². The lowest BCUT2D eigenvalue weighted by Crippen LogP contribution is -2.68. The first kappa shape index (κ1) is 29.8. The van der Waals surface area contributed by atoms with Crippen LogP contribution in [0.25, 0.3) is 0 Å². The Morgan fingerprint density at radius 1 is 1.13 bits per heavy atom. The van der Waals surface area contributed by atoms with E-state index in [-0.39, 0.29) is 49.1 Å². The van der Waals surface area contributed by atoms with Crippen molar-refractivity contribution in [3.63, 3.8) is 0 Å². The zero-order chi connectivity index (χ0) is 29.0. The summed E-state index contributed by atoms with van der Waals surface area (Å²) in [5.41, 5.74) is 0.266. The second-order valence-corrected chi connectivity index (χ2v) is 10.7. The number of likely N-dealkylation sites (tertiary alicyclic amines) is 1. The van der Waals surface area contributed by atoms with Crippen LogP contribution in [0.3, 0.4) is 0 Å². The number of carbonyl (C=O) groups excluding carboxylic acids is 3. The number of methoxy groups -OCH3 is 1. The number of aromatic nitrogens is 1. The molecule has 39 heavy (non-hydrogen) atoms. The number of hydrogen-bond donors (Lipinski definition) is 2. The van der Waals surface area contributed by atoms with Crippen molar-refractivity contribution in [2.75, 3.05) is 32.1 Å². The largest absolute Gasteiger partial charge is 0.469 e. The van der Waals surface area contributed by atoms with Crippen LogP contribution >= 0.6 is 0 Å². The van der Waals surface area contributed by atoms with E-state index in [4.69, 9.17) is 4.74 Å². The summed E-state index contributed by atoms with van der Waals surface area (Å²) >= 11 is 0. The van der Waals surface area contributed by atoms with Crippen molar-refractivity contribution in [2.45, 2.75) is 59.0 Å². The number of alkyl halides is 2. The van der Waals surface area contributed by atoms with E-state index in [1.165, 1.54) is 18.1 Å². The number of amides is 3. The molecule has 1 saturated heterocycles. The summed E-state index contributed by atoms with van der Waals surface area (Å²) in [6.45, 7) is 6.37. The van der Waals surface area contributed by atoms with Gasteiger partial charge >= 0.3 is 18.6 Å². The molecule has 3 amide bonds. The van der Waals surface area contributed by atoms with Gasteiger partial charge in [0.25, 0.3) is 0 Å². The molecule has 0 radical (unpaired) electrons. The third-order valence-corrected chi connectivity index (χ3v) is 6.95. The van der Waals surface area contributed by atoms with Gasteiger partial charge in [0.05, 0.1) is 12.5 Å². The third kappa shape index (κ3) is 6.63. The standard InChI is InChI=1S/C28H36F2N4O5/c1-17(2)19-9-7-8-10-20(19)28(23(35)33-21-12-11-18(3)32-22(21)39-25(29)30)15-34(16-28)26(37)31-14-13-27(4,5)24(36)38-6/h7-12,17,25H,13-16H2,1-6H3,(H,31,37)(H,33,35). The molecule has 0 saturated carbocycles. The predicted molar refractivity (Wildman–Crippen MR) is 142 cm³/mol. The highest BCUT2D eigenvalue weighted by molar-refractivity contribution is 6.02. The molecular weight excluding hydrogens is 510 g/mol. The number of nitrogens with one attached hydrogen (secondary N) is 2. The minimum atomic E-state index is -3.11. The molecule has 2 aromatic rings. The molecule has 1 aliphatic heterocycles. The fourth-order valence-electron chi connectivity index (χ4n) is 4.64. The Kier molecular flexibility index (Phi) is 9.14. The molecule has 212 valence electrons. The highest BCUT2D eigenvalue weighted by Crippen LogP contribution is 2.40. The van der Waals surface area contributed by atoms with Crippen molar-refractivity contribution in [1.82, 2.24) is 15.2 Å². The predicted octanol–water partition coefficient (Wildman–Crippen LogP) is 4.61. The maximum absolute atomic E-state index is 13.8. The van der Waals surface area contributed by atoms with Crippen LogP contribution in [0.15, 0.2) is 36.4 Å². The highest BCUT2D eigenvalue weighted by Gasteiger charge is 2.53. The first-order valence-electron chi connectivity index (χ1n) is 12.7. The van der Waals surface area contributed by atoms with Gasteiger partial charge < -0.3 is 25.0 Å². The number of ether oxygens (including phenoxy) is 2. The average molecular weight is 547 g/mol. The molecular formula is C28H36F2N4O5. The number of nitrogens with zero attached hydrogens (tertiary/aromatic N) is 2. The summed E-state index contributed by atoms with van der Waals surface area (Å²) in [5.74, 6) is -1.13. The van der Waals surface area contributed by atoms with E-state index in [2.05, 4.69) is 20.4 Å². The van der Waals surface area contributed by atoms with E-state index in [1.54, 1.807) is 26.8 Å². The number of halogens is 2. The molecule has 2 heterocycles. The van der Waals surface area contributed by atoms with E-state index in [0.717, 1.165) is 11.1 Å². The molecule has 0 aliphatic carbocycles. The first-order chi connectivity index (χ1) is 18.3. The molecule has 11 heteroatoms. The Hall–Kier alpha value is -3.76. The van der Waals surface area contributed by atoms with E-state index >= 15 is 0 Å². The van der Waals surface area contributed by atoms with E-state index in [9.17, 15) is 23.2 Å². The SMILES string of the molecule is COC(=O)C(C)(C)CCNC(=O)N1CC(C(=O)Nc2ccc(C)nc2OC(F)F)(c2ccccc2C(C)C)C1. The van der Waals surface area contributed by atoms with Gasteiger partial charge in [0.2, 0.25) is 11.8 Å². The molecule has 1 aromatic heterocycles. The molecule has 3 rings (SSSR count). The summed E-state index contributed by atoms with van der Waals surface area (Å²) < 4.78 is 35.4. The zero-order valence-electron chi connectivity index (χ0n) is 23.1. The van der Waals surface area contributed by atoms with Gasteiger partial charge in [0.1, 0.15) is 11.1 Å². The number of aryl methyl sites for hydroxylation is 1. The molecule has 1 fully saturated rings. The first-order valence-corrected chi connectivity index (χ1v) is 12.7. The van der Waals surface area contributed by atoms with Gasteiger partial charge in [-0.25, -0.2) is 9.78 Å². The third-order valence-electron chi connectivity index (χ3n) is 6.95. The summed E-state index contributed by atoms with van der Waals surface area (Å²) in [7, 11) is 1.32. The van der Waals surface area contributed by atoms with Crippen LogP contribution in [0.2, 0.25) is 0 Å². The molecule has 2 N–H and O–H groups in total.